The highest BCUT2D eigenvalue weighted by Gasteiger charge is 2.22. The molecule has 160 valence electrons. The van der Waals surface area contributed by atoms with Gasteiger partial charge < -0.3 is 15.1 Å². The number of rotatable bonds is 5. The summed E-state index contributed by atoms with van der Waals surface area (Å²) in [5, 5.41) is 4.50. The van der Waals surface area contributed by atoms with E-state index in [-0.39, 0.29) is 11.9 Å². The Hall–Kier alpha value is -1.95. The lowest BCUT2D eigenvalue weighted by atomic mass is 10.1. The van der Waals surface area contributed by atoms with Crippen molar-refractivity contribution in [3.05, 3.63) is 63.1 Å². The minimum atomic E-state index is -0.175. The molecule has 0 aromatic heterocycles. The SMILES string of the molecule is O=C(CCCc1ccc(Cl)c(Cl)c1)N1CCCN(C(=O)Nc2cccc(Cl)c2)CC1. The lowest BCUT2D eigenvalue weighted by molar-refractivity contribution is -0.131. The van der Waals surface area contributed by atoms with E-state index in [1.54, 1.807) is 35.2 Å². The number of hydrogen-bond acceptors (Lipinski definition) is 2. The van der Waals surface area contributed by atoms with Gasteiger partial charge in [-0.05, 0) is 55.2 Å². The smallest absolute Gasteiger partial charge is 0.321 e. The molecule has 3 amide bonds. The molecule has 5 nitrogen and oxygen atoms in total. The Morgan fingerprint density at radius 3 is 2.43 bits per heavy atom. The molecule has 0 unspecified atom stereocenters. The molecule has 0 aliphatic carbocycles. The third-order valence-corrected chi connectivity index (χ3v) is 6.03. The second-order valence-corrected chi connectivity index (χ2v) is 8.51. The van der Waals surface area contributed by atoms with Crippen molar-refractivity contribution in [2.75, 3.05) is 31.5 Å². The van der Waals surface area contributed by atoms with Crippen LogP contribution in [0.4, 0.5) is 10.5 Å². The number of anilines is 1. The van der Waals surface area contributed by atoms with E-state index in [0.717, 1.165) is 24.8 Å². The fourth-order valence-electron chi connectivity index (χ4n) is 3.44. The summed E-state index contributed by atoms with van der Waals surface area (Å²) in [6.45, 7) is 2.31. The number of benzene rings is 2. The standard InChI is InChI=1S/C22H24Cl3N3O2/c23-17-5-2-6-18(15-17)26-22(30)28-11-3-10-27(12-13-28)21(29)7-1-4-16-8-9-19(24)20(25)14-16/h2,5-6,8-9,14-15H,1,3-4,7,10-13H2,(H,26,30). The van der Waals surface area contributed by atoms with Crippen molar-refractivity contribution in [3.8, 4) is 0 Å². The van der Waals surface area contributed by atoms with Crippen LogP contribution < -0.4 is 5.32 Å². The maximum absolute atomic E-state index is 12.6. The van der Waals surface area contributed by atoms with Gasteiger partial charge in [0.2, 0.25) is 5.91 Å². The van der Waals surface area contributed by atoms with Crippen LogP contribution in [-0.4, -0.2) is 47.9 Å². The number of nitrogens with one attached hydrogen (secondary N) is 1. The lowest BCUT2D eigenvalue weighted by Crippen LogP contribution is -2.39. The Balaban J connectivity index is 1.45. The highest BCUT2D eigenvalue weighted by molar-refractivity contribution is 6.42. The van der Waals surface area contributed by atoms with Gasteiger partial charge in [0.05, 0.1) is 10.0 Å². The maximum atomic E-state index is 12.6. The first-order valence-corrected chi connectivity index (χ1v) is 11.1. The van der Waals surface area contributed by atoms with Gasteiger partial charge in [0.25, 0.3) is 0 Å². The highest BCUT2D eigenvalue weighted by atomic mass is 35.5. The monoisotopic (exact) mass is 467 g/mol. The van der Waals surface area contributed by atoms with Crippen LogP contribution in [0.15, 0.2) is 42.5 Å². The average Bonchev–Trinajstić information content (AvgIpc) is 2.97. The van der Waals surface area contributed by atoms with Crippen molar-refractivity contribution in [1.82, 2.24) is 9.80 Å². The zero-order valence-corrected chi connectivity index (χ0v) is 18.8. The number of carbonyl (C=O) groups is 2. The van der Waals surface area contributed by atoms with Crippen molar-refractivity contribution in [2.45, 2.75) is 25.7 Å². The molecule has 1 saturated heterocycles. The molecule has 0 bridgehead atoms. The molecule has 1 fully saturated rings. The molecule has 2 aromatic rings. The second-order valence-electron chi connectivity index (χ2n) is 7.26. The molecule has 8 heteroatoms. The van der Waals surface area contributed by atoms with Crippen molar-refractivity contribution in [2.24, 2.45) is 0 Å². The van der Waals surface area contributed by atoms with Gasteiger partial charge in [-0.15, -0.1) is 0 Å². The molecule has 1 aliphatic heterocycles. The quantitative estimate of drug-likeness (QED) is 0.609. The van der Waals surface area contributed by atoms with E-state index in [4.69, 9.17) is 34.8 Å². The summed E-state index contributed by atoms with van der Waals surface area (Å²) in [6, 6.07) is 12.4. The van der Waals surface area contributed by atoms with Crippen LogP contribution in [-0.2, 0) is 11.2 Å². The van der Waals surface area contributed by atoms with Gasteiger partial charge in [-0.3, -0.25) is 4.79 Å². The van der Waals surface area contributed by atoms with Crippen molar-refractivity contribution in [3.63, 3.8) is 0 Å². The first-order chi connectivity index (χ1) is 14.4. The van der Waals surface area contributed by atoms with E-state index in [1.807, 2.05) is 17.0 Å². The van der Waals surface area contributed by atoms with Crippen molar-refractivity contribution in [1.29, 1.82) is 0 Å². The van der Waals surface area contributed by atoms with E-state index in [1.165, 1.54) is 0 Å². The lowest BCUT2D eigenvalue weighted by Gasteiger charge is -2.22. The van der Waals surface area contributed by atoms with Gasteiger partial charge in [-0.1, -0.05) is 46.9 Å². The first kappa shape index (κ1) is 22.7. The average molecular weight is 469 g/mol. The van der Waals surface area contributed by atoms with Crippen LogP contribution in [0.25, 0.3) is 0 Å². The molecule has 1 aliphatic rings. The van der Waals surface area contributed by atoms with E-state index in [9.17, 15) is 9.59 Å². The van der Waals surface area contributed by atoms with E-state index >= 15 is 0 Å². The summed E-state index contributed by atoms with van der Waals surface area (Å²) in [5.41, 5.74) is 1.73. The summed E-state index contributed by atoms with van der Waals surface area (Å²) >= 11 is 17.9. The van der Waals surface area contributed by atoms with Crippen LogP contribution in [0.1, 0.15) is 24.8 Å². The molecule has 0 saturated carbocycles. The molecule has 0 radical (unpaired) electrons. The molecule has 1 N–H and O–H groups in total. The summed E-state index contributed by atoms with van der Waals surface area (Å²) in [4.78, 5) is 28.7. The Kier molecular flexibility index (Phi) is 8.25. The Morgan fingerprint density at radius 1 is 0.900 bits per heavy atom. The molecular formula is C22H24Cl3N3O2. The summed E-state index contributed by atoms with van der Waals surface area (Å²) in [7, 11) is 0. The van der Waals surface area contributed by atoms with Gasteiger partial charge in [0.1, 0.15) is 0 Å². The second kappa shape index (κ2) is 10.9. The van der Waals surface area contributed by atoms with E-state index in [2.05, 4.69) is 5.32 Å². The summed E-state index contributed by atoms with van der Waals surface area (Å²) in [5.74, 6) is 0.118. The molecule has 0 spiro atoms. The van der Waals surface area contributed by atoms with Gasteiger partial charge in [-0.25, -0.2) is 4.79 Å². The van der Waals surface area contributed by atoms with Crippen LogP contribution in [0.3, 0.4) is 0 Å². The van der Waals surface area contributed by atoms with Gasteiger partial charge in [0, 0.05) is 43.3 Å². The first-order valence-electron chi connectivity index (χ1n) is 9.95. The Bertz CT molecular complexity index is 907. The van der Waals surface area contributed by atoms with Gasteiger partial charge in [-0.2, -0.15) is 0 Å². The van der Waals surface area contributed by atoms with Crippen molar-refractivity contribution >= 4 is 52.4 Å². The molecule has 0 atom stereocenters. The van der Waals surface area contributed by atoms with Crippen LogP contribution in [0.5, 0.6) is 0 Å². The molecular weight excluding hydrogens is 445 g/mol. The minimum absolute atomic E-state index is 0.118. The van der Waals surface area contributed by atoms with Crippen LogP contribution in [0, 0.1) is 0 Å². The molecule has 30 heavy (non-hydrogen) atoms. The number of hydrogen-bond donors (Lipinski definition) is 1. The zero-order chi connectivity index (χ0) is 21.5. The minimum Gasteiger partial charge on any atom is -0.341 e. The maximum Gasteiger partial charge on any atom is 0.321 e. The van der Waals surface area contributed by atoms with Gasteiger partial charge >= 0.3 is 6.03 Å². The molecule has 1 heterocycles. The number of urea groups is 1. The normalized spacial score (nSPS) is 14.4. The fraction of sp³-hybridized carbons (Fsp3) is 0.364. The Labute approximate surface area is 191 Å². The van der Waals surface area contributed by atoms with E-state index in [0.29, 0.717) is 53.4 Å². The summed E-state index contributed by atoms with van der Waals surface area (Å²) < 4.78 is 0. The number of amides is 3. The van der Waals surface area contributed by atoms with Gasteiger partial charge in [0.15, 0.2) is 0 Å². The zero-order valence-electron chi connectivity index (χ0n) is 16.5. The Morgan fingerprint density at radius 2 is 1.67 bits per heavy atom. The number of carbonyl (C=O) groups excluding carboxylic acids is 2. The topological polar surface area (TPSA) is 52.7 Å². The third-order valence-electron chi connectivity index (χ3n) is 5.05. The highest BCUT2D eigenvalue weighted by Crippen LogP contribution is 2.23. The third kappa shape index (κ3) is 6.53. The largest absolute Gasteiger partial charge is 0.341 e. The fourth-order valence-corrected chi connectivity index (χ4v) is 3.95. The number of nitrogens with zero attached hydrogens (tertiary/aromatic N) is 2. The predicted octanol–water partition coefficient (Wildman–Crippen LogP) is 5.74. The molecule has 2 aromatic carbocycles. The van der Waals surface area contributed by atoms with Crippen LogP contribution in [0.2, 0.25) is 15.1 Å². The number of halogens is 3. The number of aryl methyl sites for hydroxylation is 1. The van der Waals surface area contributed by atoms with E-state index < -0.39 is 0 Å². The van der Waals surface area contributed by atoms with Crippen LogP contribution >= 0.6 is 34.8 Å². The predicted molar refractivity (Wildman–Crippen MR) is 123 cm³/mol. The van der Waals surface area contributed by atoms with Crippen molar-refractivity contribution < 1.29 is 9.59 Å². The molecule has 3 rings (SSSR count). The summed E-state index contributed by atoms with van der Waals surface area (Å²) in [6.07, 6.45) is 2.73.